The van der Waals surface area contributed by atoms with Gasteiger partial charge in [-0.25, -0.2) is 0 Å². The van der Waals surface area contributed by atoms with Gasteiger partial charge in [0.1, 0.15) is 0 Å². The second-order valence-corrected chi connectivity index (χ2v) is 7.13. The van der Waals surface area contributed by atoms with Gasteiger partial charge in [-0.05, 0) is 40.0 Å². The Morgan fingerprint density at radius 2 is 2.10 bits per heavy atom. The van der Waals surface area contributed by atoms with E-state index < -0.39 is 11.9 Å². The Hall–Kier alpha value is -1.66. The van der Waals surface area contributed by atoms with Crippen molar-refractivity contribution in [3.63, 3.8) is 0 Å². The molecule has 1 aliphatic rings. The standard InChI is InChI=1S/C15H12BrNO3S/c16-13-7-9(8-21-13)14(18)17-6-5-11(15(19)20)10-3-1-2-4-12(10)17/h1-4,7-8,11H,5-6H2,(H,19,20). The summed E-state index contributed by atoms with van der Waals surface area (Å²) in [6, 6.07) is 9.02. The number of para-hydroxylation sites is 1. The Bertz CT molecular complexity index is 712. The molecule has 2 heterocycles. The van der Waals surface area contributed by atoms with Crippen LogP contribution in [-0.4, -0.2) is 23.5 Å². The van der Waals surface area contributed by atoms with Crippen molar-refractivity contribution >= 4 is 44.8 Å². The van der Waals surface area contributed by atoms with Gasteiger partial charge in [0.05, 0.1) is 15.3 Å². The molecule has 21 heavy (non-hydrogen) atoms. The highest BCUT2D eigenvalue weighted by Crippen LogP contribution is 2.36. The molecule has 0 radical (unpaired) electrons. The molecule has 6 heteroatoms. The van der Waals surface area contributed by atoms with E-state index in [1.165, 1.54) is 11.3 Å². The monoisotopic (exact) mass is 365 g/mol. The number of benzene rings is 1. The first-order valence-electron chi connectivity index (χ1n) is 6.45. The van der Waals surface area contributed by atoms with Crippen molar-refractivity contribution < 1.29 is 14.7 Å². The van der Waals surface area contributed by atoms with Crippen LogP contribution in [0.1, 0.15) is 28.3 Å². The molecule has 1 atom stereocenters. The van der Waals surface area contributed by atoms with Gasteiger partial charge >= 0.3 is 5.97 Å². The van der Waals surface area contributed by atoms with E-state index in [0.29, 0.717) is 29.8 Å². The molecule has 1 amide bonds. The van der Waals surface area contributed by atoms with Crippen molar-refractivity contribution in [1.82, 2.24) is 0 Å². The number of hydrogen-bond acceptors (Lipinski definition) is 3. The van der Waals surface area contributed by atoms with Crippen LogP contribution < -0.4 is 4.90 Å². The van der Waals surface area contributed by atoms with Crippen LogP contribution in [-0.2, 0) is 4.79 Å². The molecule has 0 bridgehead atoms. The zero-order valence-electron chi connectivity index (χ0n) is 11.0. The third-order valence-electron chi connectivity index (χ3n) is 3.60. The number of rotatable bonds is 2. The number of carboxylic acid groups (broad SMARTS) is 1. The van der Waals surface area contributed by atoms with Gasteiger partial charge in [-0.15, -0.1) is 11.3 Å². The van der Waals surface area contributed by atoms with E-state index in [4.69, 9.17) is 0 Å². The van der Waals surface area contributed by atoms with Gasteiger partial charge in [0, 0.05) is 17.6 Å². The molecule has 1 aromatic heterocycles. The lowest BCUT2D eigenvalue weighted by molar-refractivity contribution is -0.139. The number of nitrogens with zero attached hydrogens (tertiary/aromatic N) is 1. The van der Waals surface area contributed by atoms with Crippen molar-refractivity contribution in [2.45, 2.75) is 12.3 Å². The molecule has 0 saturated carbocycles. The Morgan fingerprint density at radius 1 is 1.33 bits per heavy atom. The molecule has 0 aliphatic carbocycles. The summed E-state index contributed by atoms with van der Waals surface area (Å²) in [6.45, 7) is 0.417. The van der Waals surface area contributed by atoms with E-state index in [9.17, 15) is 14.7 Å². The van der Waals surface area contributed by atoms with Crippen LogP contribution >= 0.6 is 27.3 Å². The molecular formula is C15H12BrNO3S. The van der Waals surface area contributed by atoms with Crippen LogP contribution in [0.15, 0.2) is 39.5 Å². The van der Waals surface area contributed by atoms with Crippen LogP contribution in [0.25, 0.3) is 0 Å². The molecule has 4 nitrogen and oxygen atoms in total. The molecule has 108 valence electrons. The van der Waals surface area contributed by atoms with Crippen molar-refractivity contribution in [2.75, 3.05) is 11.4 Å². The van der Waals surface area contributed by atoms with Gasteiger partial charge in [-0.3, -0.25) is 9.59 Å². The third-order valence-corrected chi connectivity index (χ3v) is 5.11. The number of hydrogen-bond donors (Lipinski definition) is 1. The normalized spacial score (nSPS) is 17.4. The highest BCUT2D eigenvalue weighted by Gasteiger charge is 2.32. The lowest BCUT2D eigenvalue weighted by Gasteiger charge is -2.32. The largest absolute Gasteiger partial charge is 0.481 e. The second kappa shape index (κ2) is 5.61. The smallest absolute Gasteiger partial charge is 0.311 e. The lowest BCUT2D eigenvalue weighted by atomic mass is 9.90. The Labute approximate surface area is 134 Å². The van der Waals surface area contributed by atoms with E-state index in [1.54, 1.807) is 22.4 Å². The first-order chi connectivity index (χ1) is 10.1. The SMILES string of the molecule is O=C(O)C1CCN(C(=O)c2csc(Br)c2)c2ccccc21. The Kier molecular flexibility index (Phi) is 3.82. The summed E-state index contributed by atoms with van der Waals surface area (Å²) in [6.07, 6.45) is 0.434. The first-order valence-corrected chi connectivity index (χ1v) is 8.13. The van der Waals surface area contributed by atoms with Crippen molar-refractivity contribution in [2.24, 2.45) is 0 Å². The molecule has 2 aromatic rings. The molecule has 1 unspecified atom stereocenters. The highest BCUT2D eigenvalue weighted by molar-refractivity contribution is 9.11. The summed E-state index contributed by atoms with van der Waals surface area (Å²) in [7, 11) is 0. The number of carboxylic acids is 1. The van der Waals surface area contributed by atoms with E-state index in [2.05, 4.69) is 15.9 Å². The third kappa shape index (κ3) is 2.61. The van der Waals surface area contributed by atoms with Crippen LogP contribution in [0.3, 0.4) is 0 Å². The minimum Gasteiger partial charge on any atom is -0.481 e. The van der Waals surface area contributed by atoms with Gasteiger partial charge in [0.2, 0.25) is 0 Å². The molecular weight excluding hydrogens is 354 g/mol. The molecule has 0 fully saturated rings. The maximum atomic E-state index is 12.6. The molecule has 1 aromatic carbocycles. The predicted molar refractivity (Wildman–Crippen MR) is 85.1 cm³/mol. The van der Waals surface area contributed by atoms with E-state index in [0.717, 1.165) is 3.79 Å². The van der Waals surface area contributed by atoms with Gasteiger partial charge in [-0.1, -0.05) is 18.2 Å². The van der Waals surface area contributed by atoms with Crippen LogP contribution in [0.5, 0.6) is 0 Å². The Balaban J connectivity index is 2.00. The van der Waals surface area contributed by atoms with Gasteiger partial charge in [0.15, 0.2) is 0 Å². The maximum absolute atomic E-state index is 12.6. The lowest BCUT2D eigenvalue weighted by Crippen LogP contribution is -2.38. The minimum atomic E-state index is -0.840. The van der Waals surface area contributed by atoms with E-state index in [1.807, 2.05) is 18.2 Å². The molecule has 1 aliphatic heterocycles. The van der Waals surface area contributed by atoms with E-state index in [-0.39, 0.29) is 5.91 Å². The number of fused-ring (bicyclic) bond motifs is 1. The summed E-state index contributed by atoms with van der Waals surface area (Å²) < 4.78 is 0.902. The molecule has 0 spiro atoms. The minimum absolute atomic E-state index is 0.0896. The highest BCUT2D eigenvalue weighted by atomic mass is 79.9. The van der Waals surface area contributed by atoms with Gasteiger partial charge in [0.25, 0.3) is 5.91 Å². The average molecular weight is 366 g/mol. The number of anilines is 1. The summed E-state index contributed by atoms with van der Waals surface area (Å²) in [5.74, 6) is -1.47. The number of halogens is 1. The molecule has 0 saturated heterocycles. The average Bonchev–Trinajstić information content (AvgIpc) is 2.91. The maximum Gasteiger partial charge on any atom is 0.311 e. The van der Waals surface area contributed by atoms with Crippen LogP contribution in [0.4, 0.5) is 5.69 Å². The van der Waals surface area contributed by atoms with Crippen LogP contribution in [0.2, 0.25) is 0 Å². The number of thiophene rings is 1. The quantitative estimate of drug-likeness (QED) is 0.881. The number of carbonyl (C=O) groups excluding carboxylic acids is 1. The first kappa shape index (κ1) is 14.3. The zero-order chi connectivity index (χ0) is 15.0. The fraction of sp³-hybridized carbons (Fsp3) is 0.200. The summed E-state index contributed by atoms with van der Waals surface area (Å²) in [5, 5.41) is 11.1. The molecule has 3 rings (SSSR count). The van der Waals surface area contributed by atoms with Gasteiger partial charge < -0.3 is 10.0 Å². The van der Waals surface area contributed by atoms with Crippen molar-refractivity contribution in [1.29, 1.82) is 0 Å². The summed E-state index contributed by atoms with van der Waals surface area (Å²) >= 11 is 4.81. The van der Waals surface area contributed by atoms with Gasteiger partial charge in [-0.2, -0.15) is 0 Å². The van der Waals surface area contributed by atoms with E-state index >= 15 is 0 Å². The predicted octanol–water partition coefficient (Wildman–Crippen LogP) is 3.73. The Morgan fingerprint density at radius 3 is 2.76 bits per heavy atom. The van der Waals surface area contributed by atoms with Crippen molar-refractivity contribution in [3.05, 3.63) is 50.6 Å². The van der Waals surface area contributed by atoms with Crippen molar-refractivity contribution in [3.8, 4) is 0 Å². The fourth-order valence-corrected chi connectivity index (χ4v) is 3.74. The summed E-state index contributed by atoms with van der Waals surface area (Å²) in [4.78, 5) is 25.6. The summed E-state index contributed by atoms with van der Waals surface area (Å²) in [5.41, 5.74) is 2.03. The topological polar surface area (TPSA) is 57.6 Å². The van der Waals surface area contributed by atoms with Crippen LogP contribution in [0, 0.1) is 0 Å². The molecule has 1 N–H and O–H groups in total. The number of amides is 1. The fourth-order valence-electron chi connectivity index (χ4n) is 2.61. The second-order valence-electron chi connectivity index (χ2n) is 4.83. The zero-order valence-corrected chi connectivity index (χ0v) is 13.4. The number of aliphatic carboxylic acids is 1. The number of carbonyl (C=O) groups is 2.